The second kappa shape index (κ2) is 9.13. The summed E-state index contributed by atoms with van der Waals surface area (Å²) in [6, 6.07) is 9.29. The molecule has 0 aliphatic carbocycles. The maximum atomic E-state index is 13.5. The molecule has 2 aromatic carbocycles. The van der Waals surface area contributed by atoms with Gasteiger partial charge in [-0.2, -0.15) is 0 Å². The average Bonchev–Trinajstić information content (AvgIpc) is 3.12. The SMILES string of the molecule is Cn1cnnc1Sc1ccc(C(=O)OCC(=O)Nc2ccccc2F)cc1[N+](=O)[O-]. The zero-order valence-electron chi connectivity index (χ0n) is 15.4. The van der Waals surface area contributed by atoms with E-state index in [1.165, 1.54) is 42.7 Å². The molecule has 0 saturated carbocycles. The van der Waals surface area contributed by atoms with Gasteiger partial charge in [0.2, 0.25) is 0 Å². The first-order valence-corrected chi connectivity index (χ1v) is 9.18. The van der Waals surface area contributed by atoms with Crippen LogP contribution in [0.1, 0.15) is 10.4 Å². The number of aromatic nitrogens is 3. The molecule has 1 N–H and O–H groups in total. The largest absolute Gasteiger partial charge is 0.452 e. The minimum Gasteiger partial charge on any atom is -0.452 e. The Morgan fingerprint density at radius 1 is 1.30 bits per heavy atom. The lowest BCUT2D eigenvalue weighted by Crippen LogP contribution is -2.21. The summed E-state index contributed by atoms with van der Waals surface area (Å²) >= 11 is 1.01. The van der Waals surface area contributed by atoms with Crippen LogP contribution in [-0.2, 0) is 16.6 Å². The van der Waals surface area contributed by atoms with Crippen LogP contribution in [0.15, 0.2) is 58.8 Å². The molecule has 1 amide bonds. The normalized spacial score (nSPS) is 10.5. The number of aryl methyl sites for hydroxylation is 1. The molecule has 0 bridgehead atoms. The molecule has 0 spiro atoms. The van der Waals surface area contributed by atoms with Gasteiger partial charge >= 0.3 is 5.97 Å². The van der Waals surface area contributed by atoms with Crippen molar-refractivity contribution in [2.75, 3.05) is 11.9 Å². The molecule has 0 aliphatic heterocycles. The highest BCUT2D eigenvalue weighted by atomic mass is 32.2. The number of ether oxygens (including phenoxy) is 1. The Bertz CT molecular complexity index is 1120. The van der Waals surface area contributed by atoms with Gasteiger partial charge in [-0.25, -0.2) is 9.18 Å². The molecule has 0 aliphatic rings. The Balaban J connectivity index is 1.67. The van der Waals surface area contributed by atoms with Crippen LogP contribution in [0, 0.1) is 15.9 Å². The quantitative estimate of drug-likeness (QED) is 0.343. The van der Waals surface area contributed by atoms with Crippen molar-refractivity contribution < 1.29 is 23.6 Å². The molecule has 0 radical (unpaired) electrons. The van der Waals surface area contributed by atoms with Crippen LogP contribution in [0.2, 0.25) is 0 Å². The van der Waals surface area contributed by atoms with E-state index >= 15 is 0 Å². The van der Waals surface area contributed by atoms with Crippen molar-refractivity contribution in [2.45, 2.75) is 10.1 Å². The number of para-hydroxylation sites is 1. The number of anilines is 1. The van der Waals surface area contributed by atoms with E-state index in [1.54, 1.807) is 11.6 Å². The molecule has 3 aromatic rings. The van der Waals surface area contributed by atoms with Gasteiger partial charge in [-0.3, -0.25) is 14.9 Å². The Labute approximate surface area is 173 Å². The van der Waals surface area contributed by atoms with Gasteiger partial charge in [0.1, 0.15) is 12.1 Å². The van der Waals surface area contributed by atoms with Gasteiger partial charge < -0.3 is 14.6 Å². The lowest BCUT2D eigenvalue weighted by atomic mass is 10.2. The van der Waals surface area contributed by atoms with Gasteiger partial charge in [0.15, 0.2) is 11.8 Å². The minimum atomic E-state index is -0.933. The predicted molar refractivity (Wildman–Crippen MR) is 104 cm³/mol. The Kier molecular flexibility index (Phi) is 6.37. The van der Waals surface area contributed by atoms with Crippen molar-refractivity contribution in [3.05, 3.63) is 70.3 Å². The number of nitrogens with one attached hydrogen (secondary N) is 1. The molecule has 0 atom stereocenters. The zero-order chi connectivity index (χ0) is 21.7. The third-order valence-corrected chi connectivity index (χ3v) is 4.86. The van der Waals surface area contributed by atoms with E-state index < -0.39 is 29.2 Å². The monoisotopic (exact) mass is 431 g/mol. The number of amides is 1. The Morgan fingerprint density at radius 3 is 2.73 bits per heavy atom. The number of carbonyl (C=O) groups is 2. The molecule has 0 saturated heterocycles. The highest BCUT2D eigenvalue weighted by Gasteiger charge is 2.21. The number of nitro groups is 1. The summed E-state index contributed by atoms with van der Waals surface area (Å²) in [5.74, 6) is -2.32. The number of nitro benzene ring substituents is 1. The summed E-state index contributed by atoms with van der Waals surface area (Å²) in [6.07, 6.45) is 1.45. The molecule has 1 aromatic heterocycles. The lowest BCUT2D eigenvalue weighted by molar-refractivity contribution is -0.387. The van der Waals surface area contributed by atoms with Crippen molar-refractivity contribution in [3.63, 3.8) is 0 Å². The van der Waals surface area contributed by atoms with Crippen molar-refractivity contribution in [1.82, 2.24) is 14.8 Å². The standard InChI is InChI=1S/C18H14FN5O5S/c1-23-10-20-22-18(23)30-15-7-6-11(8-14(15)24(27)28)17(26)29-9-16(25)21-13-5-3-2-4-12(13)19/h2-8,10H,9H2,1H3,(H,21,25). The number of esters is 1. The molecule has 1 heterocycles. The minimum absolute atomic E-state index is 0.0562. The van der Waals surface area contributed by atoms with Crippen LogP contribution in [0.4, 0.5) is 15.8 Å². The van der Waals surface area contributed by atoms with Gasteiger partial charge in [-0.15, -0.1) is 10.2 Å². The number of hydrogen-bond donors (Lipinski definition) is 1. The maximum absolute atomic E-state index is 13.5. The fraction of sp³-hybridized carbons (Fsp3) is 0.111. The average molecular weight is 431 g/mol. The fourth-order valence-electron chi connectivity index (χ4n) is 2.30. The number of benzene rings is 2. The van der Waals surface area contributed by atoms with Gasteiger partial charge in [0.25, 0.3) is 11.6 Å². The molecule has 0 fully saturated rings. The predicted octanol–water partition coefficient (Wildman–Crippen LogP) is 2.81. The van der Waals surface area contributed by atoms with E-state index in [2.05, 4.69) is 15.5 Å². The Hall–Kier alpha value is -3.80. The van der Waals surface area contributed by atoms with E-state index in [0.29, 0.717) is 5.16 Å². The fourth-order valence-corrected chi connectivity index (χ4v) is 3.15. The van der Waals surface area contributed by atoms with Crippen molar-refractivity contribution in [2.24, 2.45) is 7.05 Å². The molecule has 0 unspecified atom stereocenters. The number of halogens is 1. The number of carbonyl (C=O) groups excluding carboxylic acids is 2. The summed E-state index contributed by atoms with van der Waals surface area (Å²) in [6.45, 7) is -0.684. The second-order valence-corrected chi connectivity index (χ2v) is 6.88. The van der Waals surface area contributed by atoms with Crippen LogP contribution in [0.25, 0.3) is 0 Å². The summed E-state index contributed by atoms with van der Waals surface area (Å²) in [7, 11) is 1.69. The first-order valence-electron chi connectivity index (χ1n) is 8.37. The zero-order valence-corrected chi connectivity index (χ0v) is 16.3. The molecule has 30 heavy (non-hydrogen) atoms. The molecular formula is C18H14FN5O5S. The van der Waals surface area contributed by atoms with Gasteiger partial charge in [-0.1, -0.05) is 12.1 Å². The van der Waals surface area contributed by atoms with Crippen molar-refractivity contribution >= 4 is 35.0 Å². The Morgan fingerprint density at radius 2 is 2.07 bits per heavy atom. The lowest BCUT2D eigenvalue weighted by Gasteiger charge is -2.08. The smallest absolute Gasteiger partial charge is 0.338 e. The third-order valence-electron chi connectivity index (χ3n) is 3.74. The summed E-state index contributed by atoms with van der Waals surface area (Å²) in [5.41, 5.74) is -0.490. The van der Waals surface area contributed by atoms with Crippen molar-refractivity contribution in [1.29, 1.82) is 0 Å². The summed E-state index contributed by atoms with van der Waals surface area (Å²) < 4.78 is 20.0. The first kappa shape index (κ1) is 20.9. The second-order valence-electron chi connectivity index (χ2n) is 5.87. The van der Waals surface area contributed by atoms with E-state index in [1.807, 2.05) is 0 Å². The van der Waals surface area contributed by atoms with Crippen LogP contribution in [0.5, 0.6) is 0 Å². The summed E-state index contributed by atoms with van der Waals surface area (Å²) in [4.78, 5) is 35.1. The van der Waals surface area contributed by atoms with E-state index in [0.717, 1.165) is 17.8 Å². The van der Waals surface area contributed by atoms with Crippen LogP contribution in [0.3, 0.4) is 0 Å². The van der Waals surface area contributed by atoms with Gasteiger partial charge in [0.05, 0.1) is 21.1 Å². The number of nitrogens with zero attached hydrogens (tertiary/aromatic N) is 4. The highest BCUT2D eigenvalue weighted by Crippen LogP contribution is 2.34. The molecule has 10 nitrogen and oxygen atoms in total. The topological polar surface area (TPSA) is 129 Å². The first-order chi connectivity index (χ1) is 14.3. The maximum Gasteiger partial charge on any atom is 0.338 e. The van der Waals surface area contributed by atoms with Gasteiger partial charge in [-0.05, 0) is 36.0 Å². The van der Waals surface area contributed by atoms with Crippen LogP contribution in [-0.4, -0.2) is 38.2 Å². The van der Waals surface area contributed by atoms with Crippen LogP contribution >= 0.6 is 11.8 Å². The summed E-state index contributed by atoms with van der Waals surface area (Å²) in [5, 5.41) is 21.7. The molecule has 12 heteroatoms. The third kappa shape index (κ3) is 4.97. The molecular weight excluding hydrogens is 417 g/mol. The number of hydrogen-bond acceptors (Lipinski definition) is 8. The van der Waals surface area contributed by atoms with Crippen molar-refractivity contribution in [3.8, 4) is 0 Å². The van der Waals surface area contributed by atoms with Gasteiger partial charge in [0, 0.05) is 13.1 Å². The molecule has 3 rings (SSSR count). The molecule has 154 valence electrons. The van der Waals surface area contributed by atoms with E-state index in [9.17, 15) is 24.1 Å². The highest BCUT2D eigenvalue weighted by molar-refractivity contribution is 7.99. The van der Waals surface area contributed by atoms with Crippen LogP contribution < -0.4 is 5.32 Å². The number of rotatable bonds is 7. The van der Waals surface area contributed by atoms with E-state index in [4.69, 9.17) is 4.74 Å². The van der Waals surface area contributed by atoms with E-state index in [-0.39, 0.29) is 21.8 Å².